The van der Waals surface area contributed by atoms with Crippen LogP contribution in [0.15, 0.2) is 48.5 Å². The monoisotopic (exact) mass is 401 g/mol. The lowest BCUT2D eigenvalue weighted by Crippen LogP contribution is -2.41. The molecule has 6 heteroatoms. The summed E-state index contributed by atoms with van der Waals surface area (Å²) in [6.45, 7) is 3.47. The Balaban J connectivity index is 1.30. The quantitative estimate of drug-likeness (QED) is 0.696. The second kappa shape index (κ2) is 9.30. The number of hydrogen-bond acceptors (Lipinski definition) is 4. The maximum atomic E-state index is 14.2. The number of hydrazine groups is 1. The van der Waals surface area contributed by atoms with Crippen LogP contribution >= 0.6 is 0 Å². The highest BCUT2D eigenvalue weighted by Crippen LogP contribution is 2.30. The first-order chi connectivity index (χ1) is 14.1. The molecule has 0 radical (unpaired) electrons. The minimum atomic E-state index is -0.551. The summed E-state index contributed by atoms with van der Waals surface area (Å²) in [5.41, 5.74) is 7.96. The van der Waals surface area contributed by atoms with Crippen LogP contribution in [0.1, 0.15) is 30.0 Å². The molecule has 0 bridgehead atoms. The number of piperidine rings is 1. The van der Waals surface area contributed by atoms with Crippen LogP contribution in [0.4, 0.5) is 8.78 Å². The fraction of sp³-hybridized carbons (Fsp3) is 0.478. The van der Waals surface area contributed by atoms with E-state index in [1.165, 1.54) is 17.7 Å². The van der Waals surface area contributed by atoms with E-state index in [-0.39, 0.29) is 18.1 Å². The molecule has 156 valence electrons. The van der Waals surface area contributed by atoms with E-state index in [1.807, 2.05) is 18.2 Å². The standard InChI is InChI=1S/C23H29F2N3O/c24-19-6-7-20(21(25)13-19)23-18(14-26-27-23)15-28-10-8-17(9-11-28)22(29)12-16-4-2-1-3-5-16/h1-7,13,17-18,22-23,26-27,29H,8-12,14-15H2. The van der Waals surface area contributed by atoms with Crippen molar-refractivity contribution in [2.24, 2.45) is 11.8 Å². The molecule has 2 saturated heterocycles. The van der Waals surface area contributed by atoms with Crippen LogP contribution in [0.5, 0.6) is 0 Å². The molecule has 2 aromatic rings. The molecule has 0 aromatic heterocycles. The summed E-state index contributed by atoms with van der Waals surface area (Å²) in [5.74, 6) is -0.527. The lowest BCUT2D eigenvalue weighted by atomic mass is 9.87. The molecule has 3 unspecified atom stereocenters. The molecule has 2 aromatic carbocycles. The Bertz CT molecular complexity index is 796. The summed E-state index contributed by atoms with van der Waals surface area (Å²) in [6, 6.07) is 13.8. The third kappa shape index (κ3) is 5.01. The van der Waals surface area contributed by atoms with Crippen LogP contribution in [0, 0.1) is 23.5 Å². The molecular weight excluding hydrogens is 372 g/mol. The van der Waals surface area contributed by atoms with Crippen molar-refractivity contribution in [1.29, 1.82) is 0 Å². The van der Waals surface area contributed by atoms with E-state index in [2.05, 4.69) is 27.9 Å². The van der Waals surface area contributed by atoms with Crippen LogP contribution in [0.25, 0.3) is 0 Å². The number of nitrogens with one attached hydrogen (secondary N) is 2. The largest absolute Gasteiger partial charge is 0.392 e. The molecule has 0 aliphatic carbocycles. The molecular formula is C23H29F2N3O. The van der Waals surface area contributed by atoms with Gasteiger partial charge < -0.3 is 10.0 Å². The van der Waals surface area contributed by atoms with Crippen molar-refractivity contribution in [3.05, 3.63) is 71.3 Å². The van der Waals surface area contributed by atoms with Gasteiger partial charge in [-0.3, -0.25) is 5.43 Å². The van der Waals surface area contributed by atoms with Crippen molar-refractivity contribution in [2.45, 2.75) is 31.4 Å². The normalized spacial score (nSPS) is 24.7. The third-order valence-electron chi connectivity index (χ3n) is 6.35. The van der Waals surface area contributed by atoms with Crippen LogP contribution in [-0.2, 0) is 6.42 Å². The van der Waals surface area contributed by atoms with Crippen LogP contribution in [-0.4, -0.2) is 42.3 Å². The van der Waals surface area contributed by atoms with Gasteiger partial charge in [0.25, 0.3) is 0 Å². The number of hydrogen-bond donors (Lipinski definition) is 3. The highest BCUT2D eigenvalue weighted by Gasteiger charge is 2.33. The molecule has 3 atom stereocenters. The van der Waals surface area contributed by atoms with E-state index in [1.54, 1.807) is 0 Å². The maximum Gasteiger partial charge on any atom is 0.130 e. The number of benzene rings is 2. The van der Waals surface area contributed by atoms with E-state index in [0.717, 1.165) is 45.1 Å². The molecule has 2 aliphatic rings. The van der Waals surface area contributed by atoms with E-state index in [4.69, 9.17) is 0 Å². The summed E-state index contributed by atoms with van der Waals surface area (Å²) in [7, 11) is 0. The van der Waals surface area contributed by atoms with Gasteiger partial charge in [-0.05, 0) is 49.9 Å². The van der Waals surface area contributed by atoms with Crippen LogP contribution in [0.2, 0.25) is 0 Å². The molecule has 0 saturated carbocycles. The molecule has 4 nitrogen and oxygen atoms in total. The van der Waals surface area contributed by atoms with Gasteiger partial charge in [-0.2, -0.15) is 0 Å². The van der Waals surface area contributed by atoms with Gasteiger partial charge in [-0.25, -0.2) is 14.2 Å². The van der Waals surface area contributed by atoms with Crippen molar-refractivity contribution in [3.63, 3.8) is 0 Å². The molecule has 29 heavy (non-hydrogen) atoms. The summed E-state index contributed by atoms with van der Waals surface area (Å²) in [4.78, 5) is 2.40. The minimum absolute atomic E-state index is 0.169. The number of nitrogens with zero attached hydrogens (tertiary/aromatic N) is 1. The van der Waals surface area contributed by atoms with Gasteiger partial charge in [0, 0.05) is 30.6 Å². The maximum absolute atomic E-state index is 14.2. The Kier molecular flexibility index (Phi) is 6.55. The average molecular weight is 402 g/mol. The van der Waals surface area contributed by atoms with Gasteiger partial charge in [-0.15, -0.1) is 0 Å². The van der Waals surface area contributed by atoms with E-state index in [9.17, 15) is 13.9 Å². The van der Waals surface area contributed by atoms with Crippen LogP contribution in [0.3, 0.4) is 0 Å². The Morgan fingerprint density at radius 1 is 1.07 bits per heavy atom. The van der Waals surface area contributed by atoms with E-state index >= 15 is 0 Å². The van der Waals surface area contributed by atoms with Gasteiger partial charge in [0.05, 0.1) is 12.1 Å². The van der Waals surface area contributed by atoms with Crippen molar-refractivity contribution < 1.29 is 13.9 Å². The predicted octanol–water partition coefficient (Wildman–Crippen LogP) is 3.05. The molecule has 4 rings (SSSR count). The Labute approximate surface area is 170 Å². The summed E-state index contributed by atoms with van der Waals surface area (Å²) >= 11 is 0. The lowest BCUT2D eigenvalue weighted by molar-refractivity contribution is 0.0549. The van der Waals surface area contributed by atoms with Gasteiger partial charge >= 0.3 is 0 Å². The SMILES string of the molecule is OC(Cc1ccccc1)C1CCN(CC2CNNC2c2ccc(F)cc2F)CC1. The smallest absolute Gasteiger partial charge is 0.130 e. The topological polar surface area (TPSA) is 47.5 Å². The number of rotatable bonds is 6. The Hall–Kier alpha value is -1.86. The van der Waals surface area contributed by atoms with Crippen molar-refractivity contribution in [2.75, 3.05) is 26.2 Å². The second-order valence-electron chi connectivity index (χ2n) is 8.32. The zero-order chi connectivity index (χ0) is 20.2. The fourth-order valence-electron chi connectivity index (χ4n) is 4.67. The van der Waals surface area contributed by atoms with Gasteiger partial charge in [-0.1, -0.05) is 36.4 Å². The zero-order valence-electron chi connectivity index (χ0n) is 16.5. The number of aliphatic hydroxyl groups is 1. The first kappa shape index (κ1) is 20.4. The van der Waals surface area contributed by atoms with Crippen molar-refractivity contribution >= 4 is 0 Å². The second-order valence-corrected chi connectivity index (χ2v) is 8.32. The van der Waals surface area contributed by atoms with Gasteiger partial charge in [0.15, 0.2) is 0 Å². The highest BCUT2D eigenvalue weighted by molar-refractivity contribution is 5.24. The molecule has 2 aliphatic heterocycles. The van der Waals surface area contributed by atoms with E-state index < -0.39 is 11.6 Å². The van der Waals surface area contributed by atoms with Crippen molar-refractivity contribution in [1.82, 2.24) is 15.8 Å². The number of aliphatic hydroxyl groups excluding tert-OH is 1. The number of likely N-dealkylation sites (tertiary alicyclic amines) is 1. The number of halogens is 2. The minimum Gasteiger partial charge on any atom is -0.392 e. The summed E-state index contributed by atoms with van der Waals surface area (Å²) < 4.78 is 27.5. The summed E-state index contributed by atoms with van der Waals surface area (Å²) in [6.07, 6.45) is 2.33. The summed E-state index contributed by atoms with van der Waals surface area (Å²) in [5, 5.41) is 10.6. The van der Waals surface area contributed by atoms with Crippen molar-refractivity contribution in [3.8, 4) is 0 Å². The fourth-order valence-corrected chi connectivity index (χ4v) is 4.67. The van der Waals surface area contributed by atoms with Gasteiger partial charge in [0.2, 0.25) is 0 Å². The van der Waals surface area contributed by atoms with E-state index in [0.29, 0.717) is 17.9 Å². The third-order valence-corrected chi connectivity index (χ3v) is 6.35. The Morgan fingerprint density at radius 2 is 1.83 bits per heavy atom. The molecule has 2 heterocycles. The highest BCUT2D eigenvalue weighted by atomic mass is 19.1. The zero-order valence-corrected chi connectivity index (χ0v) is 16.5. The Morgan fingerprint density at radius 3 is 2.55 bits per heavy atom. The molecule has 0 amide bonds. The van der Waals surface area contributed by atoms with Gasteiger partial charge in [0.1, 0.15) is 11.6 Å². The predicted molar refractivity (Wildman–Crippen MR) is 109 cm³/mol. The average Bonchev–Trinajstić information content (AvgIpc) is 3.17. The van der Waals surface area contributed by atoms with Crippen LogP contribution < -0.4 is 10.9 Å². The first-order valence-corrected chi connectivity index (χ1v) is 10.5. The molecule has 0 spiro atoms. The lowest BCUT2D eigenvalue weighted by Gasteiger charge is -2.36. The molecule has 2 fully saturated rings. The first-order valence-electron chi connectivity index (χ1n) is 10.5. The molecule has 3 N–H and O–H groups in total.